The predicted molar refractivity (Wildman–Crippen MR) is 66.9 cm³/mol. The molecule has 0 saturated heterocycles. The number of nitrogens with zero attached hydrogens (tertiary/aromatic N) is 2. The molecule has 1 aromatic carbocycles. The highest BCUT2D eigenvalue weighted by atomic mass is 16.1. The minimum atomic E-state index is -0.197. The van der Waals surface area contributed by atoms with E-state index in [-0.39, 0.29) is 5.91 Å². The summed E-state index contributed by atoms with van der Waals surface area (Å²) in [7, 11) is 3.67. The summed E-state index contributed by atoms with van der Waals surface area (Å²) < 4.78 is 0. The molecule has 0 unspecified atom stereocenters. The lowest BCUT2D eigenvalue weighted by Crippen LogP contribution is -2.09. The van der Waals surface area contributed by atoms with E-state index in [4.69, 9.17) is 0 Å². The Labute approximate surface area is 96.8 Å². The van der Waals surface area contributed by atoms with Crippen LogP contribution in [0.25, 0.3) is 0 Å². The van der Waals surface area contributed by atoms with Gasteiger partial charge in [-0.3, -0.25) is 4.79 Å². The summed E-state index contributed by atoms with van der Waals surface area (Å²) in [6, 6.07) is 7.64. The highest BCUT2D eigenvalue weighted by molar-refractivity contribution is 5.98. The standard InChI is InChI=1S/C13H18N2O/c1-4-5-11-6-8-12(9-7-11)13(16)14-10-15(2)3/h6-10H,4-5H2,1-3H3/b14-10+. The van der Waals surface area contributed by atoms with E-state index in [2.05, 4.69) is 11.9 Å². The monoisotopic (exact) mass is 218 g/mol. The Kier molecular flexibility index (Phi) is 4.70. The smallest absolute Gasteiger partial charge is 0.278 e. The largest absolute Gasteiger partial charge is 0.369 e. The number of aliphatic imine (C=N–C) groups is 1. The van der Waals surface area contributed by atoms with Crippen molar-refractivity contribution in [1.82, 2.24) is 4.90 Å². The highest BCUT2D eigenvalue weighted by Crippen LogP contribution is 2.07. The van der Waals surface area contributed by atoms with Crippen molar-refractivity contribution < 1.29 is 4.79 Å². The summed E-state index contributed by atoms with van der Waals surface area (Å²) >= 11 is 0. The van der Waals surface area contributed by atoms with Gasteiger partial charge in [-0.2, -0.15) is 4.99 Å². The van der Waals surface area contributed by atoms with Gasteiger partial charge in [0, 0.05) is 19.7 Å². The van der Waals surface area contributed by atoms with Crippen LogP contribution in [0.3, 0.4) is 0 Å². The van der Waals surface area contributed by atoms with Gasteiger partial charge in [0.2, 0.25) is 0 Å². The topological polar surface area (TPSA) is 32.7 Å². The van der Waals surface area contributed by atoms with Crippen molar-refractivity contribution in [2.24, 2.45) is 4.99 Å². The third-order valence-electron chi connectivity index (χ3n) is 2.15. The van der Waals surface area contributed by atoms with Crippen molar-refractivity contribution in [2.75, 3.05) is 14.1 Å². The second-order valence-electron chi connectivity index (χ2n) is 3.96. The molecule has 0 saturated carbocycles. The van der Waals surface area contributed by atoms with Crippen LogP contribution in [0.5, 0.6) is 0 Å². The van der Waals surface area contributed by atoms with Gasteiger partial charge in [-0.1, -0.05) is 25.5 Å². The molecule has 16 heavy (non-hydrogen) atoms. The molecule has 0 bridgehead atoms. The first-order valence-electron chi connectivity index (χ1n) is 5.47. The van der Waals surface area contributed by atoms with Gasteiger partial charge in [0.25, 0.3) is 5.91 Å². The molecule has 1 rings (SSSR count). The first-order chi connectivity index (χ1) is 7.63. The molecule has 0 heterocycles. The van der Waals surface area contributed by atoms with Gasteiger partial charge in [-0.05, 0) is 24.1 Å². The Hall–Kier alpha value is -1.64. The van der Waals surface area contributed by atoms with Crippen molar-refractivity contribution in [2.45, 2.75) is 19.8 Å². The Morgan fingerprint density at radius 1 is 1.31 bits per heavy atom. The van der Waals surface area contributed by atoms with Gasteiger partial charge in [0.05, 0.1) is 6.34 Å². The van der Waals surface area contributed by atoms with Crippen molar-refractivity contribution in [3.8, 4) is 0 Å². The van der Waals surface area contributed by atoms with E-state index < -0.39 is 0 Å². The number of carbonyl (C=O) groups is 1. The molecular weight excluding hydrogens is 200 g/mol. The minimum Gasteiger partial charge on any atom is -0.369 e. The first kappa shape index (κ1) is 12.4. The molecule has 1 amide bonds. The van der Waals surface area contributed by atoms with E-state index in [1.165, 1.54) is 11.9 Å². The molecule has 0 fully saturated rings. The molecule has 86 valence electrons. The molecule has 0 spiro atoms. The van der Waals surface area contributed by atoms with E-state index in [1.54, 1.807) is 4.90 Å². The molecule has 3 nitrogen and oxygen atoms in total. The van der Waals surface area contributed by atoms with Gasteiger partial charge in [0.15, 0.2) is 0 Å². The zero-order valence-electron chi connectivity index (χ0n) is 10.1. The molecular formula is C13H18N2O. The average molecular weight is 218 g/mol. The number of hydrogen-bond acceptors (Lipinski definition) is 1. The van der Waals surface area contributed by atoms with Crippen LogP contribution in [0.15, 0.2) is 29.3 Å². The summed E-state index contributed by atoms with van der Waals surface area (Å²) in [6.07, 6.45) is 3.68. The molecule has 0 radical (unpaired) electrons. The van der Waals surface area contributed by atoms with Gasteiger partial charge in [0.1, 0.15) is 0 Å². The molecule has 0 aromatic heterocycles. The molecule has 0 aliphatic heterocycles. The highest BCUT2D eigenvalue weighted by Gasteiger charge is 2.02. The molecule has 0 N–H and O–H groups in total. The summed E-state index contributed by atoms with van der Waals surface area (Å²) in [5.74, 6) is -0.197. The van der Waals surface area contributed by atoms with Crippen molar-refractivity contribution >= 4 is 12.2 Å². The summed E-state index contributed by atoms with van der Waals surface area (Å²) in [5.41, 5.74) is 1.90. The Balaban J connectivity index is 2.70. The van der Waals surface area contributed by atoms with Crippen LogP contribution >= 0.6 is 0 Å². The van der Waals surface area contributed by atoms with Crippen LogP contribution < -0.4 is 0 Å². The quantitative estimate of drug-likeness (QED) is 0.574. The summed E-state index contributed by atoms with van der Waals surface area (Å²) in [5, 5.41) is 0. The normalized spacial score (nSPS) is 10.7. The number of amides is 1. The van der Waals surface area contributed by atoms with Gasteiger partial charge >= 0.3 is 0 Å². The third kappa shape index (κ3) is 3.85. The second kappa shape index (κ2) is 6.05. The van der Waals surface area contributed by atoms with E-state index >= 15 is 0 Å². The molecule has 0 aliphatic rings. The zero-order chi connectivity index (χ0) is 12.0. The van der Waals surface area contributed by atoms with E-state index in [1.807, 2.05) is 38.4 Å². The maximum absolute atomic E-state index is 11.6. The average Bonchev–Trinajstić information content (AvgIpc) is 2.27. The fourth-order valence-electron chi connectivity index (χ4n) is 1.35. The van der Waals surface area contributed by atoms with Crippen LogP contribution in [0, 0.1) is 0 Å². The summed E-state index contributed by atoms with van der Waals surface area (Å²) in [6.45, 7) is 2.14. The lowest BCUT2D eigenvalue weighted by Gasteiger charge is -2.02. The van der Waals surface area contributed by atoms with E-state index in [0.717, 1.165) is 12.8 Å². The van der Waals surface area contributed by atoms with Crippen LogP contribution in [0.4, 0.5) is 0 Å². The predicted octanol–water partition coefficient (Wildman–Crippen LogP) is 2.37. The Morgan fingerprint density at radius 2 is 1.94 bits per heavy atom. The van der Waals surface area contributed by atoms with Gasteiger partial charge < -0.3 is 4.90 Å². The van der Waals surface area contributed by atoms with Crippen LogP contribution in [0.1, 0.15) is 29.3 Å². The molecule has 0 atom stereocenters. The maximum atomic E-state index is 11.6. The zero-order valence-corrected chi connectivity index (χ0v) is 10.1. The second-order valence-corrected chi connectivity index (χ2v) is 3.96. The summed E-state index contributed by atoms with van der Waals surface area (Å²) in [4.78, 5) is 17.2. The van der Waals surface area contributed by atoms with Gasteiger partial charge in [-0.25, -0.2) is 0 Å². The minimum absolute atomic E-state index is 0.197. The Morgan fingerprint density at radius 3 is 2.44 bits per heavy atom. The van der Waals surface area contributed by atoms with Crippen LogP contribution in [0.2, 0.25) is 0 Å². The number of carbonyl (C=O) groups excluding carboxylic acids is 1. The SMILES string of the molecule is CCCc1ccc(C(=O)/N=C/N(C)C)cc1. The lowest BCUT2D eigenvalue weighted by atomic mass is 10.1. The number of hydrogen-bond donors (Lipinski definition) is 0. The van der Waals surface area contributed by atoms with Crippen molar-refractivity contribution in [3.05, 3.63) is 35.4 Å². The third-order valence-corrected chi connectivity index (χ3v) is 2.15. The number of benzene rings is 1. The van der Waals surface area contributed by atoms with E-state index in [0.29, 0.717) is 5.56 Å². The fourth-order valence-corrected chi connectivity index (χ4v) is 1.35. The van der Waals surface area contributed by atoms with Crippen molar-refractivity contribution in [1.29, 1.82) is 0 Å². The maximum Gasteiger partial charge on any atom is 0.278 e. The number of aryl methyl sites for hydroxylation is 1. The molecule has 0 aliphatic carbocycles. The van der Waals surface area contributed by atoms with Crippen molar-refractivity contribution in [3.63, 3.8) is 0 Å². The lowest BCUT2D eigenvalue weighted by molar-refractivity contribution is 0.100. The van der Waals surface area contributed by atoms with Gasteiger partial charge in [-0.15, -0.1) is 0 Å². The van der Waals surface area contributed by atoms with E-state index in [9.17, 15) is 4.79 Å². The first-order valence-corrected chi connectivity index (χ1v) is 5.47. The number of rotatable bonds is 4. The molecule has 1 aromatic rings. The van der Waals surface area contributed by atoms with Crippen LogP contribution in [-0.2, 0) is 6.42 Å². The fraction of sp³-hybridized carbons (Fsp3) is 0.385. The van der Waals surface area contributed by atoms with Crippen LogP contribution in [-0.4, -0.2) is 31.2 Å². The Bertz CT molecular complexity index is 366. The molecule has 3 heteroatoms.